The van der Waals surface area contributed by atoms with Crippen molar-refractivity contribution in [1.29, 1.82) is 0 Å². The maximum absolute atomic E-state index is 11.8. The van der Waals surface area contributed by atoms with Crippen LogP contribution in [0.1, 0.15) is 35.0 Å². The molecule has 0 aliphatic carbocycles. The summed E-state index contributed by atoms with van der Waals surface area (Å²) in [5.74, 6) is -0.121. The molecule has 0 saturated carbocycles. The quantitative estimate of drug-likeness (QED) is 0.608. The van der Waals surface area contributed by atoms with Crippen LogP contribution in [0.2, 0.25) is 0 Å². The van der Waals surface area contributed by atoms with Gasteiger partial charge in [0.25, 0.3) is 0 Å². The lowest BCUT2D eigenvalue weighted by atomic mass is 9.98. The maximum atomic E-state index is 11.8. The molecule has 2 rings (SSSR count). The number of ether oxygens (including phenoxy) is 1. The van der Waals surface area contributed by atoms with Gasteiger partial charge in [0.1, 0.15) is 4.88 Å². The molecule has 0 spiro atoms. The molecule has 0 saturated heterocycles. The van der Waals surface area contributed by atoms with Crippen LogP contribution in [0.15, 0.2) is 24.3 Å². The summed E-state index contributed by atoms with van der Waals surface area (Å²) in [7, 11) is 1.38. The topological polar surface area (TPSA) is 52.3 Å². The second kappa shape index (κ2) is 6.13. The molecule has 0 aliphatic rings. The molecule has 1 aromatic heterocycles. The van der Waals surface area contributed by atoms with Gasteiger partial charge in [0.05, 0.1) is 12.8 Å². The van der Waals surface area contributed by atoms with Crippen LogP contribution in [0.25, 0.3) is 10.4 Å². The van der Waals surface area contributed by atoms with Crippen LogP contribution in [0, 0.1) is 3.57 Å². The van der Waals surface area contributed by atoms with Gasteiger partial charge in [-0.3, -0.25) is 0 Å². The number of benzene rings is 1. The molecular weight excluding hydrogens is 385 g/mol. The Kier molecular flexibility index (Phi) is 4.70. The SMILES string of the molecule is COC(=O)c1sc(-c2cccc(I)c2)c(C(C)C)c1N. The molecule has 5 heteroatoms. The van der Waals surface area contributed by atoms with Gasteiger partial charge in [0.15, 0.2) is 0 Å². The van der Waals surface area contributed by atoms with Gasteiger partial charge in [0, 0.05) is 8.45 Å². The van der Waals surface area contributed by atoms with Crippen molar-refractivity contribution in [2.24, 2.45) is 0 Å². The van der Waals surface area contributed by atoms with Crippen molar-refractivity contribution >= 4 is 45.6 Å². The van der Waals surface area contributed by atoms with E-state index in [2.05, 4.69) is 42.5 Å². The minimum absolute atomic E-state index is 0.248. The fraction of sp³-hybridized carbons (Fsp3) is 0.267. The maximum Gasteiger partial charge on any atom is 0.350 e. The molecule has 1 aromatic carbocycles. The number of methoxy groups -OCH3 is 1. The second-order valence-corrected chi connectivity index (χ2v) is 7.01. The van der Waals surface area contributed by atoms with Crippen LogP contribution >= 0.6 is 33.9 Å². The first-order chi connectivity index (χ1) is 9.45. The summed E-state index contributed by atoms with van der Waals surface area (Å²) >= 11 is 3.69. The first-order valence-electron chi connectivity index (χ1n) is 6.22. The highest BCUT2D eigenvalue weighted by Gasteiger charge is 2.24. The van der Waals surface area contributed by atoms with Crippen molar-refractivity contribution in [3.63, 3.8) is 0 Å². The summed E-state index contributed by atoms with van der Waals surface area (Å²) in [5, 5.41) is 0. The summed E-state index contributed by atoms with van der Waals surface area (Å²) in [6.45, 7) is 4.16. The van der Waals surface area contributed by atoms with E-state index >= 15 is 0 Å². The number of thiophene rings is 1. The molecule has 0 unspecified atom stereocenters. The van der Waals surface area contributed by atoms with Crippen molar-refractivity contribution in [2.45, 2.75) is 19.8 Å². The molecule has 1 heterocycles. The van der Waals surface area contributed by atoms with Gasteiger partial charge in [-0.2, -0.15) is 0 Å². The minimum Gasteiger partial charge on any atom is -0.465 e. The highest BCUT2D eigenvalue weighted by molar-refractivity contribution is 14.1. The van der Waals surface area contributed by atoms with Gasteiger partial charge in [-0.15, -0.1) is 11.3 Å². The molecule has 0 amide bonds. The number of halogens is 1. The average molecular weight is 401 g/mol. The van der Waals surface area contributed by atoms with Crippen LogP contribution in [-0.2, 0) is 4.74 Å². The van der Waals surface area contributed by atoms with E-state index in [4.69, 9.17) is 10.5 Å². The number of esters is 1. The number of hydrogen-bond donors (Lipinski definition) is 1. The molecule has 0 bridgehead atoms. The Balaban J connectivity index is 2.66. The molecule has 20 heavy (non-hydrogen) atoms. The molecular formula is C15H16INO2S. The Hall–Kier alpha value is -1.08. The molecule has 0 atom stereocenters. The van der Waals surface area contributed by atoms with E-state index in [1.54, 1.807) is 0 Å². The zero-order valence-electron chi connectivity index (χ0n) is 11.6. The van der Waals surface area contributed by atoms with E-state index in [0.717, 1.165) is 19.6 Å². The third-order valence-electron chi connectivity index (χ3n) is 3.02. The summed E-state index contributed by atoms with van der Waals surface area (Å²) in [6, 6.07) is 8.19. The molecule has 0 radical (unpaired) electrons. The first kappa shape index (κ1) is 15.3. The van der Waals surface area contributed by atoms with Gasteiger partial charge >= 0.3 is 5.97 Å². The molecule has 106 valence electrons. The Labute approximate surface area is 136 Å². The number of carbonyl (C=O) groups excluding carboxylic acids is 1. The van der Waals surface area contributed by atoms with Crippen LogP contribution in [0.3, 0.4) is 0 Å². The van der Waals surface area contributed by atoms with E-state index in [1.807, 2.05) is 18.2 Å². The number of nitrogen functional groups attached to an aromatic ring is 1. The first-order valence-corrected chi connectivity index (χ1v) is 8.11. The van der Waals surface area contributed by atoms with Crippen LogP contribution in [0.5, 0.6) is 0 Å². The second-order valence-electron chi connectivity index (χ2n) is 4.74. The van der Waals surface area contributed by atoms with Gasteiger partial charge in [-0.25, -0.2) is 4.79 Å². The fourth-order valence-corrected chi connectivity index (χ4v) is 3.95. The van der Waals surface area contributed by atoms with Gasteiger partial charge in [0.2, 0.25) is 0 Å². The third-order valence-corrected chi connectivity index (χ3v) is 4.94. The lowest BCUT2D eigenvalue weighted by molar-refractivity contribution is 0.0607. The van der Waals surface area contributed by atoms with E-state index in [1.165, 1.54) is 18.4 Å². The lowest BCUT2D eigenvalue weighted by Gasteiger charge is -2.09. The van der Waals surface area contributed by atoms with Crippen molar-refractivity contribution in [1.82, 2.24) is 0 Å². The monoisotopic (exact) mass is 401 g/mol. The number of rotatable bonds is 3. The normalized spacial score (nSPS) is 10.8. The molecule has 0 fully saturated rings. The molecule has 2 aromatic rings. The Morgan fingerprint density at radius 1 is 1.40 bits per heavy atom. The minimum atomic E-state index is -0.369. The Bertz CT molecular complexity index is 649. The summed E-state index contributed by atoms with van der Waals surface area (Å²) in [4.78, 5) is 13.4. The summed E-state index contributed by atoms with van der Waals surface area (Å²) < 4.78 is 5.97. The highest BCUT2D eigenvalue weighted by atomic mass is 127. The summed E-state index contributed by atoms with van der Waals surface area (Å²) in [5.41, 5.74) is 8.83. The molecule has 3 nitrogen and oxygen atoms in total. The standard InChI is InChI=1S/C15H16INO2S/c1-8(2)11-12(17)14(15(18)19-3)20-13(11)9-5-4-6-10(16)7-9/h4-8H,17H2,1-3H3. The predicted octanol–water partition coefficient (Wildman–Crippen LogP) is 4.51. The van der Waals surface area contributed by atoms with Gasteiger partial charge < -0.3 is 10.5 Å². The Morgan fingerprint density at radius 3 is 2.65 bits per heavy atom. The van der Waals surface area contributed by atoms with Crippen molar-refractivity contribution in [3.05, 3.63) is 38.3 Å². The van der Waals surface area contributed by atoms with Crippen LogP contribution in [0.4, 0.5) is 5.69 Å². The van der Waals surface area contributed by atoms with Crippen LogP contribution < -0.4 is 5.73 Å². The zero-order valence-corrected chi connectivity index (χ0v) is 14.5. The largest absolute Gasteiger partial charge is 0.465 e. The van der Waals surface area contributed by atoms with E-state index < -0.39 is 0 Å². The molecule has 0 aliphatic heterocycles. The van der Waals surface area contributed by atoms with E-state index in [-0.39, 0.29) is 11.9 Å². The number of hydrogen-bond acceptors (Lipinski definition) is 4. The van der Waals surface area contributed by atoms with E-state index in [9.17, 15) is 4.79 Å². The predicted molar refractivity (Wildman–Crippen MR) is 92.3 cm³/mol. The highest BCUT2D eigenvalue weighted by Crippen LogP contribution is 2.43. The number of nitrogens with two attached hydrogens (primary N) is 1. The van der Waals surface area contributed by atoms with Gasteiger partial charge in [-0.1, -0.05) is 26.0 Å². The third kappa shape index (κ3) is 2.83. The van der Waals surface area contributed by atoms with Gasteiger partial charge in [-0.05, 0) is 51.8 Å². The van der Waals surface area contributed by atoms with Crippen molar-refractivity contribution in [3.8, 4) is 10.4 Å². The number of carbonyl (C=O) groups is 1. The van der Waals surface area contributed by atoms with Crippen molar-refractivity contribution in [2.75, 3.05) is 12.8 Å². The Morgan fingerprint density at radius 2 is 2.10 bits per heavy atom. The lowest BCUT2D eigenvalue weighted by Crippen LogP contribution is -2.03. The smallest absolute Gasteiger partial charge is 0.350 e. The summed E-state index contributed by atoms with van der Waals surface area (Å²) in [6.07, 6.45) is 0. The van der Waals surface area contributed by atoms with Crippen LogP contribution in [-0.4, -0.2) is 13.1 Å². The fourth-order valence-electron chi connectivity index (χ4n) is 2.12. The van der Waals surface area contributed by atoms with Crippen molar-refractivity contribution < 1.29 is 9.53 Å². The van der Waals surface area contributed by atoms with E-state index in [0.29, 0.717) is 10.6 Å². The zero-order chi connectivity index (χ0) is 14.9. The average Bonchev–Trinajstić information content (AvgIpc) is 2.75. The molecule has 2 N–H and O–H groups in total. The number of anilines is 1.